The van der Waals surface area contributed by atoms with Gasteiger partial charge in [0.15, 0.2) is 17.3 Å². The Hall–Kier alpha value is -2.91. The molecule has 2 N–H and O–H groups in total. The van der Waals surface area contributed by atoms with Gasteiger partial charge in [-0.2, -0.15) is 0 Å². The molecule has 0 atom stereocenters. The molecular weight excluding hydrogens is 360 g/mol. The molecule has 0 saturated carbocycles. The lowest BCUT2D eigenvalue weighted by Crippen LogP contribution is -2.32. The lowest BCUT2D eigenvalue weighted by Gasteiger charge is -2.09. The minimum absolute atomic E-state index is 0.0293. The van der Waals surface area contributed by atoms with Crippen LogP contribution in [0.1, 0.15) is 17.3 Å². The third-order valence-corrected chi connectivity index (χ3v) is 5.07. The molecular formula is C17H16N2O6S. The minimum Gasteiger partial charge on any atom is -0.454 e. The Morgan fingerprint density at radius 2 is 1.73 bits per heavy atom. The number of sulfonamides is 1. The van der Waals surface area contributed by atoms with Crippen molar-refractivity contribution in [1.82, 2.24) is 4.72 Å². The van der Waals surface area contributed by atoms with E-state index < -0.39 is 22.5 Å². The van der Waals surface area contributed by atoms with E-state index in [0.717, 1.165) is 0 Å². The first kappa shape index (κ1) is 17.9. The van der Waals surface area contributed by atoms with Crippen LogP contribution in [-0.2, 0) is 14.8 Å². The Labute approximate surface area is 150 Å². The molecule has 0 unspecified atom stereocenters. The Morgan fingerprint density at radius 1 is 1.04 bits per heavy atom. The zero-order valence-corrected chi connectivity index (χ0v) is 14.6. The van der Waals surface area contributed by atoms with Gasteiger partial charge in [-0.3, -0.25) is 9.59 Å². The number of Topliss-reactive ketones (excluding diaryl/α,β-unsaturated/α-hetero) is 1. The summed E-state index contributed by atoms with van der Waals surface area (Å²) in [6, 6.07) is 10.3. The maximum atomic E-state index is 12.2. The lowest BCUT2D eigenvalue weighted by molar-refractivity contribution is -0.115. The lowest BCUT2D eigenvalue weighted by atomic mass is 10.2. The van der Waals surface area contributed by atoms with Gasteiger partial charge in [-0.05, 0) is 31.2 Å². The second-order valence-corrected chi connectivity index (χ2v) is 7.29. The first-order chi connectivity index (χ1) is 12.3. The molecule has 1 aliphatic rings. The van der Waals surface area contributed by atoms with Crippen LogP contribution in [0.5, 0.6) is 11.5 Å². The molecule has 1 amide bonds. The normalized spacial score (nSPS) is 12.7. The van der Waals surface area contributed by atoms with Gasteiger partial charge >= 0.3 is 0 Å². The number of ketones is 1. The highest BCUT2D eigenvalue weighted by Gasteiger charge is 2.17. The Bertz CT molecular complexity index is 954. The molecule has 0 bridgehead atoms. The number of anilines is 1. The van der Waals surface area contributed by atoms with Gasteiger partial charge in [0, 0.05) is 17.3 Å². The second kappa shape index (κ2) is 7.14. The number of carbonyl (C=O) groups excluding carboxylic acids is 2. The Balaban J connectivity index is 1.60. The minimum atomic E-state index is -3.87. The second-order valence-electron chi connectivity index (χ2n) is 5.52. The third-order valence-electron chi connectivity index (χ3n) is 3.65. The fourth-order valence-corrected chi connectivity index (χ4v) is 3.27. The van der Waals surface area contributed by atoms with E-state index in [2.05, 4.69) is 10.0 Å². The van der Waals surface area contributed by atoms with Crippen LogP contribution in [0.2, 0.25) is 0 Å². The molecule has 1 heterocycles. The molecule has 0 spiro atoms. The average molecular weight is 376 g/mol. The monoisotopic (exact) mass is 376 g/mol. The van der Waals surface area contributed by atoms with E-state index >= 15 is 0 Å². The summed E-state index contributed by atoms with van der Waals surface area (Å²) in [5.41, 5.74) is 0.869. The molecule has 0 radical (unpaired) electrons. The van der Waals surface area contributed by atoms with Crippen LogP contribution >= 0.6 is 0 Å². The predicted molar refractivity (Wildman–Crippen MR) is 92.8 cm³/mol. The number of ether oxygens (including phenoxy) is 2. The summed E-state index contributed by atoms with van der Waals surface area (Å²) in [7, 11) is -3.87. The van der Waals surface area contributed by atoms with E-state index in [0.29, 0.717) is 22.7 Å². The van der Waals surface area contributed by atoms with Crippen LogP contribution in [0, 0.1) is 0 Å². The van der Waals surface area contributed by atoms with Crippen molar-refractivity contribution in [3.8, 4) is 11.5 Å². The smallest absolute Gasteiger partial charge is 0.241 e. The Morgan fingerprint density at radius 3 is 2.42 bits per heavy atom. The number of rotatable bonds is 6. The maximum Gasteiger partial charge on any atom is 0.241 e. The SMILES string of the molecule is CC(=O)c1ccc(S(=O)(=O)NCC(=O)Nc2ccc3c(c2)OCO3)cc1. The van der Waals surface area contributed by atoms with Crippen LogP contribution in [0.3, 0.4) is 0 Å². The van der Waals surface area contributed by atoms with E-state index in [4.69, 9.17) is 9.47 Å². The van der Waals surface area contributed by atoms with E-state index in [9.17, 15) is 18.0 Å². The molecule has 0 saturated heterocycles. The van der Waals surface area contributed by atoms with Crippen LogP contribution < -0.4 is 19.5 Å². The largest absolute Gasteiger partial charge is 0.454 e. The van der Waals surface area contributed by atoms with Crippen molar-refractivity contribution in [3.05, 3.63) is 48.0 Å². The number of fused-ring (bicyclic) bond motifs is 1. The van der Waals surface area contributed by atoms with Gasteiger partial charge < -0.3 is 14.8 Å². The van der Waals surface area contributed by atoms with Gasteiger partial charge in [-0.1, -0.05) is 12.1 Å². The van der Waals surface area contributed by atoms with Crippen molar-refractivity contribution in [2.45, 2.75) is 11.8 Å². The zero-order chi connectivity index (χ0) is 18.7. The van der Waals surface area contributed by atoms with Crippen LogP contribution in [0.25, 0.3) is 0 Å². The summed E-state index contributed by atoms with van der Waals surface area (Å²) < 4.78 is 37.0. The van der Waals surface area contributed by atoms with Gasteiger partial charge in [-0.25, -0.2) is 13.1 Å². The molecule has 26 heavy (non-hydrogen) atoms. The number of nitrogens with one attached hydrogen (secondary N) is 2. The number of carbonyl (C=O) groups is 2. The van der Waals surface area contributed by atoms with E-state index in [-0.39, 0.29) is 17.5 Å². The van der Waals surface area contributed by atoms with Gasteiger partial charge in [0.2, 0.25) is 22.7 Å². The molecule has 3 rings (SSSR count). The highest BCUT2D eigenvalue weighted by molar-refractivity contribution is 7.89. The highest BCUT2D eigenvalue weighted by atomic mass is 32.2. The van der Waals surface area contributed by atoms with Gasteiger partial charge in [0.05, 0.1) is 11.4 Å². The molecule has 136 valence electrons. The first-order valence-electron chi connectivity index (χ1n) is 7.65. The fourth-order valence-electron chi connectivity index (χ4n) is 2.29. The number of benzene rings is 2. The quantitative estimate of drug-likeness (QED) is 0.740. The summed E-state index contributed by atoms with van der Waals surface area (Å²) in [4.78, 5) is 23.2. The standard InChI is InChI=1S/C17H16N2O6S/c1-11(20)12-2-5-14(6-3-12)26(22,23)18-9-17(21)19-13-4-7-15-16(8-13)25-10-24-15/h2-8,18H,9-10H2,1H3,(H,19,21). The van der Waals surface area contributed by atoms with Gasteiger partial charge in [0.1, 0.15) is 0 Å². The van der Waals surface area contributed by atoms with Crippen molar-refractivity contribution in [3.63, 3.8) is 0 Å². The van der Waals surface area contributed by atoms with Crippen molar-refractivity contribution in [2.75, 3.05) is 18.7 Å². The van der Waals surface area contributed by atoms with E-state index in [1.165, 1.54) is 31.2 Å². The van der Waals surface area contributed by atoms with Crippen molar-refractivity contribution < 1.29 is 27.5 Å². The molecule has 0 fully saturated rings. The summed E-state index contributed by atoms with van der Waals surface area (Å²) in [6.07, 6.45) is 0. The maximum absolute atomic E-state index is 12.2. The molecule has 2 aromatic carbocycles. The van der Waals surface area contributed by atoms with Crippen LogP contribution in [-0.4, -0.2) is 33.4 Å². The fraction of sp³-hybridized carbons (Fsp3) is 0.176. The summed E-state index contributed by atoms with van der Waals surface area (Å²) in [5.74, 6) is 0.393. The third kappa shape index (κ3) is 4.01. The van der Waals surface area contributed by atoms with Crippen LogP contribution in [0.15, 0.2) is 47.4 Å². The molecule has 1 aliphatic heterocycles. The molecule has 9 heteroatoms. The Kier molecular flexibility index (Phi) is 4.92. The van der Waals surface area contributed by atoms with Crippen LogP contribution in [0.4, 0.5) is 5.69 Å². The molecule has 2 aromatic rings. The number of hydrogen-bond donors (Lipinski definition) is 2. The average Bonchev–Trinajstić information content (AvgIpc) is 3.08. The van der Waals surface area contributed by atoms with E-state index in [1.807, 2.05) is 0 Å². The highest BCUT2D eigenvalue weighted by Crippen LogP contribution is 2.34. The zero-order valence-electron chi connectivity index (χ0n) is 13.8. The predicted octanol–water partition coefficient (Wildman–Crippen LogP) is 1.53. The van der Waals surface area contributed by atoms with E-state index in [1.54, 1.807) is 18.2 Å². The number of hydrogen-bond acceptors (Lipinski definition) is 6. The molecule has 8 nitrogen and oxygen atoms in total. The summed E-state index contributed by atoms with van der Waals surface area (Å²) in [5, 5.41) is 2.57. The van der Waals surface area contributed by atoms with Crippen molar-refractivity contribution >= 4 is 27.4 Å². The summed E-state index contributed by atoms with van der Waals surface area (Å²) in [6.45, 7) is 1.07. The number of amides is 1. The van der Waals surface area contributed by atoms with Crippen molar-refractivity contribution in [1.29, 1.82) is 0 Å². The van der Waals surface area contributed by atoms with Crippen molar-refractivity contribution in [2.24, 2.45) is 0 Å². The first-order valence-corrected chi connectivity index (χ1v) is 9.14. The topological polar surface area (TPSA) is 111 Å². The molecule has 0 aromatic heterocycles. The summed E-state index contributed by atoms with van der Waals surface area (Å²) >= 11 is 0. The van der Waals surface area contributed by atoms with Gasteiger partial charge in [0.25, 0.3) is 0 Å². The molecule has 0 aliphatic carbocycles. The van der Waals surface area contributed by atoms with Gasteiger partial charge in [-0.15, -0.1) is 0 Å².